The van der Waals surface area contributed by atoms with Gasteiger partial charge >= 0.3 is 0 Å². The molecular weight excluding hydrogens is 432 g/mol. The number of thiocarbonyl (C=S) groups is 1. The standard InChI is InChI=1S/C23H27ClN4O2S/c1-3-16-5-7-17(8-6-16)22(30)26-23(31)25-19-15-18(24)9-10-20(19)27-11-13-28(14-12-27)21(29)4-2/h5-10,15H,3-4,11-14H2,1-2H3,(H2,25,26,30,31). The molecule has 1 fully saturated rings. The Labute approximate surface area is 193 Å². The van der Waals surface area contributed by atoms with Gasteiger partial charge in [-0.2, -0.15) is 0 Å². The first-order valence-electron chi connectivity index (χ1n) is 10.4. The summed E-state index contributed by atoms with van der Waals surface area (Å²) in [6, 6.07) is 13.0. The normalized spacial score (nSPS) is 13.6. The van der Waals surface area contributed by atoms with Crippen LogP contribution in [0.5, 0.6) is 0 Å². The summed E-state index contributed by atoms with van der Waals surface area (Å²) in [6.45, 7) is 6.71. The average Bonchev–Trinajstić information content (AvgIpc) is 2.78. The Bertz CT molecular complexity index is 957. The van der Waals surface area contributed by atoms with E-state index in [1.54, 1.807) is 18.2 Å². The molecular formula is C23H27ClN4O2S. The van der Waals surface area contributed by atoms with Crippen molar-refractivity contribution in [2.24, 2.45) is 0 Å². The zero-order chi connectivity index (χ0) is 22.4. The van der Waals surface area contributed by atoms with Crippen LogP contribution in [0.1, 0.15) is 36.2 Å². The molecule has 0 saturated carbocycles. The first-order valence-corrected chi connectivity index (χ1v) is 11.2. The minimum Gasteiger partial charge on any atom is -0.366 e. The van der Waals surface area contributed by atoms with Crippen LogP contribution in [0.4, 0.5) is 11.4 Å². The van der Waals surface area contributed by atoms with Gasteiger partial charge in [0.15, 0.2) is 5.11 Å². The molecule has 3 rings (SSSR count). The summed E-state index contributed by atoms with van der Waals surface area (Å²) in [5.41, 5.74) is 3.36. The summed E-state index contributed by atoms with van der Waals surface area (Å²) in [5.74, 6) is -0.0969. The van der Waals surface area contributed by atoms with Gasteiger partial charge in [-0.15, -0.1) is 0 Å². The minimum atomic E-state index is -0.268. The summed E-state index contributed by atoms with van der Waals surface area (Å²) in [5, 5.41) is 6.61. The first-order chi connectivity index (χ1) is 14.9. The maximum atomic E-state index is 12.5. The van der Waals surface area contributed by atoms with Gasteiger partial charge in [0.1, 0.15) is 0 Å². The van der Waals surface area contributed by atoms with Gasteiger partial charge in [-0.1, -0.05) is 37.6 Å². The van der Waals surface area contributed by atoms with E-state index in [2.05, 4.69) is 22.5 Å². The molecule has 8 heteroatoms. The third kappa shape index (κ3) is 5.95. The number of nitrogens with zero attached hydrogens (tertiary/aromatic N) is 2. The molecule has 2 amide bonds. The molecule has 31 heavy (non-hydrogen) atoms. The van der Waals surface area contributed by atoms with Crippen molar-refractivity contribution in [2.75, 3.05) is 36.4 Å². The van der Waals surface area contributed by atoms with Gasteiger partial charge in [0.2, 0.25) is 5.91 Å². The fraction of sp³-hybridized carbons (Fsp3) is 0.348. The van der Waals surface area contributed by atoms with Crippen molar-refractivity contribution in [1.29, 1.82) is 0 Å². The molecule has 0 aliphatic carbocycles. The number of hydrogen-bond donors (Lipinski definition) is 2. The van der Waals surface area contributed by atoms with Gasteiger partial charge < -0.3 is 15.1 Å². The van der Waals surface area contributed by atoms with Crippen LogP contribution in [0.15, 0.2) is 42.5 Å². The Hall–Kier alpha value is -2.64. The van der Waals surface area contributed by atoms with Crippen LogP contribution in [0.25, 0.3) is 0 Å². The lowest BCUT2D eigenvalue weighted by atomic mass is 10.1. The Morgan fingerprint density at radius 1 is 1.03 bits per heavy atom. The number of carbonyl (C=O) groups excluding carboxylic acids is 2. The summed E-state index contributed by atoms with van der Waals surface area (Å²) in [7, 11) is 0. The lowest BCUT2D eigenvalue weighted by Crippen LogP contribution is -2.48. The molecule has 6 nitrogen and oxygen atoms in total. The summed E-state index contributed by atoms with van der Waals surface area (Å²) in [6.07, 6.45) is 1.43. The highest BCUT2D eigenvalue weighted by molar-refractivity contribution is 7.80. The second-order valence-electron chi connectivity index (χ2n) is 7.34. The fourth-order valence-electron chi connectivity index (χ4n) is 3.53. The lowest BCUT2D eigenvalue weighted by molar-refractivity contribution is -0.131. The Balaban J connectivity index is 1.67. The zero-order valence-electron chi connectivity index (χ0n) is 17.8. The SMILES string of the molecule is CCC(=O)N1CCN(c2ccc(Cl)cc2NC(=S)NC(=O)c2ccc(CC)cc2)CC1. The van der Waals surface area contributed by atoms with E-state index in [-0.39, 0.29) is 16.9 Å². The van der Waals surface area contributed by atoms with Crippen LogP contribution in [0.3, 0.4) is 0 Å². The molecule has 0 bridgehead atoms. The number of anilines is 2. The smallest absolute Gasteiger partial charge is 0.257 e. The molecule has 1 aliphatic heterocycles. The topological polar surface area (TPSA) is 64.7 Å². The largest absolute Gasteiger partial charge is 0.366 e. The molecule has 1 saturated heterocycles. The van der Waals surface area contributed by atoms with Crippen molar-refractivity contribution in [3.05, 3.63) is 58.6 Å². The number of benzene rings is 2. The number of amides is 2. The first kappa shape index (κ1) is 23.0. The maximum absolute atomic E-state index is 12.5. The summed E-state index contributed by atoms with van der Waals surface area (Å²) < 4.78 is 0. The molecule has 2 aromatic rings. The highest BCUT2D eigenvalue weighted by atomic mass is 35.5. The molecule has 0 atom stereocenters. The molecule has 0 spiro atoms. The van der Waals surface area contributed by atoms with Crippen molar-refractivity contribution in [2.45, 2.75) is 26.7 Å². The Morgan fingerprint density at radius 3 is 2.32 bits per heavy atom. The molecule has 2 aromatic carbocycles. The van der Waals surface area contributed by atoms with E-state index < -0.39 is 0 Å². The highest BCUT2D eigenvalue weighted by Crippen LogP contribution is 2.30. The zero-order valence-corrected chi connectivity index (χ0v) is 19.4. The number of carbonyl (C=O) groups is 2. The predicted molar refractivity (Wildman–Crippen MR) is 130 cm³/mol. The van der Waals surface area contributed by atoms with E-state index in [1.807, 2.05) is 36.1 Å². The van der Waals surface area contributed by atoms with Gasteiger partial charge in [0, 0.05) is 43.2 Å². The molecule has 1 aliphatic rings. The molecule has 1 heterocycles. The number of piperazine rings is 1. The number of aryl methyl sites for hydroxylation is 1. The van der Waals surface area contributed by atoms with Gasteiger partial charge in [-0.25, -0.2) is 0 Å². The predicted octanol–water partition coefficient (Wildman–Crippen LogP) is 4.09. The van der Waals surface area contributed by atoms with Crippen molar-refractivity contribution in [3.8, 4) is 0 Å². The molecule has 2 N–H and O–H groups in total. The van der Waals surface area contributed by atoms with Crippen molar-refractivity contribution in [1.82, 2.24) is 10.2 Å². The van der Waals surface area contributed by atoms with Crippen molar-refractivity contribution < 1.29 is 9.59 Å². The van der Waals surface area contributed by atoms with Gasteiger partial charge in [-0.3, -0.25) is 14.9 Å². The molecule has 0 radical (unpaired) electrons. The van der Waals surface area contributed by atoms with E-state index >= 15 is 0 Å². The second kappa shape index (κ2) is 10.6. The summed E-state index contributed by atoms with van der Waals surface area (Å²) in [4.78, 5) is 28.5. The fourth-order valence-corrected chi connectivity index (χ4v) is 3.90. The van der Waals surface area contributed by atoms with Crippen molar-refractivity contribution >= 4 is 52.1 Å². The van der Waals surface area contributed by atoms with Gasteiger partial charge in [-0.05, 0) is 54.5 Å². The van der Waals surface area contributed by atoms with Crippen LogP contribution < -0.4 is 15.5 Å². The van der Waals surface area contributed by atoms with E-state index in [9.17, 15) is 9.59 Å². The van der Waals surface area contributed by atoms with Crippen LogP contribution in [-0.2, 0) is 11.2 Å². The van der Waals surface area contributed by atoms with Crippen LogP contribution in [0.2, 0.25) is 5.02 Å². The maximum Gasteiger partial charge on any atom is 0.257 e. The van der Waals surface area contributed by atoms with Gasteiger partial charge in [0.05, 0.1) is 11.4 Å². The number of halogens is 1. The lowest BCUT2D eigenvalue weighted by Gasteiger charge is -2.37. The second-order valence-corrected chi connectivity index (χ2v) is 8.19. The third-order valence-corrected chi connectivity index (χ3v) is 5.77. The highest BCUT2D eigenvalue weighted by Gasteiger charge is 2.22. The Kier molecular flexibility index (Phi) is 7.87. The van der Waals surface area contributed by atoms with E-state index in [1.165, 1.54) is 5.56 Å². The monoisotopic (exact) mass is 458 g/mol. The average molecular weight is 459 g/mol. The number of nitrogens with one attached hydrogen (secondary N) is 2. The van der Waals surface area contributed by atoms with Crippen LogP contribution >= 0.6 is 23.8 Å². The summed E-state index contributed by atoms with van der Waals surface area (Å²) >= 11 is 11.6. The molecule has 164 valence electrons. The van der Waals surface area contributed by atoms with E-state index in [4.69, 9.17) is 23.8 Å². The van der Waals surface area contributed by atoms with E-state index in [0.717, 1.165) is 17.8 Å². The molecule has 0 unspecified atom stereocenters. The Morgan fingerprint density at radius 2 is 1.71 bits per heavy atom. The van der Waals surface area contributed by atoms with Crippen molar-refractivity contribution in [3.63, 3.8) is 0 Å². The minimum absolute atomic E-state index is 0.171. The van der Waals surface area contributed by atoms with E-state index in [0.29, 0.717) is 43.2 Å². The quantitative estimate of drug-likeness (QED) is 0.661. The number of hydrogen-bond acceptors (Lipinski definition) is 4. The third-order valence-electron chi connectivity index (χ3n) is 5.33. The van der Waals surface area contributed by atoms with Gasteiger partial charge in [0.25, 0.3) is 5.91 Å². The molecule has 0 aromatic heterocycles. The number of rotatable bonds is 5. The van der Waals surface area contributed by atoms with Crippen LogP contribution in [-0.4, -0.2) is 48.0 Å². The van der Waals surface area contributed by atoms with Crippen LogP contribution in [0, 0.1) is 0 Å².